The zero-order valence-corrected chi connectivity index (χ0v) is 18.3. The van der Waals surface area contributed by atoms with Crippen LogP contribution < -0.4 is 21.5 Å². The predicted octanol–water partition coefficient (Wildman–Crippen LogP) is 4.21. The Balaban J connectivity index is 1.48. The molecule has 0 spiro atoms. The van der Waals surface area contributed by atoms with Crippen LogP contribution in [0.2, 0.25) is 0 Å². The summed E-state index contributed by atoms with van der Waals surface area (Å²) in [6, 6.07) is 19.0. The number of nitrogens with two attached hydrogens (primary N) is 2. The Bertz CT molecular complexity index is 1300. The second-order valence-electron chi connectivity index (χ2n) is 8.37. The molecule has 2 aromatic heterocycles. The Labute approximate surface area is 192 Å². The third kappa shape index (κ3) is 4.27. The number of phenols is 1. The number of pyridine rings is 2. The van der Waals surface area contributed by atoms with E-state index >= 15 is 0 Å². The van der Waals surface area contributed by atoms with Crippen molar-refractivity contribution in [2.24, 2.45) is 0 Å². The van der Waals surface area contributed by atoms with Gasteiger partial charge in [0.25, 0.3) is 0 Å². The minimum atomic E-state index is 0.0726. The van der Waals surface area contributed by atoms with E-state index in [2.05, 4.69) is 15.3 Å². The summed E-state index contributed by atoms with van der Waals surface area (Å²) in [5, 5.41) is 15.2. The van der Waals surface area contributed by atoms with E-state index in [1.54, 1.807) is 12.1 Å². The third-order valence-electron chi connectivity index (χ3n) is 6.15. The molecule has 0 radical (unpaired) electrons. The smallest absolute Gasteiger partial charge is 0.147 e. The first kappa shape index (κ1) is 21.0. The summed E-state index contributed by atoms with van der Waals surface area (Å²) in [7, 11) is 0. The van der Waals surface area contributed by atoms with Crippen molar-refractivity contribution in [2.45, 2.75) is 25.4 Å². The van der Waals surface area contributed by atoms with Crippen LogP contribution in [0.5, 0.6) is 11.5 Å². The summed E-state index contributed by atoms with van der Waals surface area (Å²) < 4.78 is 6.12. The van der Waals surface area contributed by atoms with Crippen LogP contribution in [0.3, 0.4) is 0 Å². The molecule has 7 nitrogen and oxygen atoms in total. The number of rotatable bonds is 5. The maximum absolute atomic E-state index is 10.7. The summed E-state index contributed by atoms with van der Waals surface area (Å²) in [5.41, 5.74) is 16.7. The number of anilines is 2. The maximum atomic E-state index is 10.7. The molecule has 0 bridgehead atoms. The quantitative estimate of drug-likeness (QED) is 0.366. The van der Waals surface area contributed by atoms with Gasteiger partial charge in [-0.15, -0.1) is 0 Å². The Kier molecular flexibility index (Phi) is 5.71. The van der Waals surface area contributed by atoms with Gasteiger partial charge in [0.2, 0.25) is 0 Å². The van der Waals surface area contributed by atoms with E-state index in [0.717, 1.165) is 48.1 Å². The van der Waals surface area contributed by atoms with Gasteiger partial charge in [0.05, 0.1) is 28.2 Å². The van der Waals surface area contributed by atoms with Crippen LogP contribution in [0.4, 0.5) is 11.5 Å². The number of phenolic OH excluding ortho intramolecular Hbond substituents is 1. The minimum Gasteiger partial charge on any atom is -0.507 e. The lowest BCUT2D eigenvalue weighted by atomic mass is 9.89. The molecule has 1 atom stereocenters. The fourth-order valence-corrected chi connectivity index (χ4v) is 4.42. The second-order valence-corrected chi connectivity index (χ2v) is 8.37. The number of nitrogen functional groups attached to an aromatic ring is 2. The molecule has 1 fully saturated rings. The van der Waals surface area contributed by atoms with Gasteiger partial charge in [-0.2, -0.15) is 0 Å². The number of ether oxygens (including phenoxy) is 1. The summed E-state index contributed by atoms with van der Waals surface area (Å²) >= 11 is 0. The van der Waals surface area contributed by atoms with Gasteiger partial charge < -0.3 is 26.6 Å². The van der Waals surface area contributed by atoms with Crippen molar-refractivity contribution in [3.05, 3.63) is 71.9 Å². The largest absolute Gasteiger partial charge is 0.507 e. The van der Waals surface area contributed by atoms with E-state index in [0.29, 0.717) is 22.7 Å². The lowest BCUT2D eigenvalue weighted by Gasteiger charge is -2.25. The molecule has 0 aliphatic carbocycles. The van der Waals surface area contributed by atoms with E-state index in [9.17, 15) is 5.11 Å². The van der Waals surface area contributed by atoms with Gasteiger partial charge in [-0.05, 0) is 61.2 Å². The molecule has 5 rings (SSSR count). The number of hydrogen-bond donors (Lipinski definition) is 4. The van der Waals surface area contributed by atoms with E-state index in [1.807, 2.05) is 48.5 Å². The lowest BCUT2D eigenvalue weighted by Crippen LogP contribution is -2.29. The third-order valence-corrected chi connectivity index (χ3v) is 6.15. The van der Waals surface area contributed by atoms with Crippen LogP contribution in [0.15, 0.2) is 60.7 Å². The first-order chi connectivity index (χ1) is 16.1. The lowest BCUT2D eigenvalue weighted by molar-refractivity contribution is 0.301. The molecule has 1 unspecified atom stereocenters. The van der Waals surface area contributed by atoms with Crippen molar-refractivity contribution < 1.29 is 9.84 Å². The van der Waals surface area contributed by atoms with Gasteiger partial charge in [-0.3, -0.25) is 0 Å². The number of piperidine rings is 1. The zero-order chi connectivity index (χ0) is 22.8. The Morgan fingerprint density at radius 1 is 1.03 bits per heavy atom. The van der Waals surface area contributed by atoms with Crippen molar-refractivity contribution in [3.63, 3.8) is 0 Å². The number of aromatic nitrogens is 2. The van der Waals surface area contributed by atoms with E-state index in [4.69, 9.17) is 16.2 Å². The summed E-state index contributed by atoms with van der Waals surface area (Å²) in [6.07, 6.45) is 2.10. The Morgan fingerprint density at radius 3 is 2.76 bits per heavy atom. The topological polar surface area (TPSA) is 119 Å². The number of aromatic hydroxyl groups is 1. The van der Waals surface area contributed by atoms with Gasteiger partial charge >= 0.3 is 0 Å². The molecule has 0 saturated carbocycles. The second kappa shape index (κ2) is 8.96. The molecular weight excluding hydrogens is 414 g/mol. The van der Waals surface area contributed by atoms with Gasteiger partial charge in [0.1, 0.15) is 23.9 Å². The monoisotopic (exact) mass is 441 g/mol. The first-order valence-electron chi connectivity index (χ1n) is 11.2. The van der Waals surface area contributed by atoms with Gasteiger partial charge in [-0.25, -0.2) is 9.97 Å². The highest BCUT2D eigenvalue weighted by molar-refractivity contribution is 5.79. The van der Waals surface area contributed by atoms with Crippen molar-refractivity contribution in [2.75, 3.05) is 24.6 Å². The molecule has 168 valence electrons. The fraction of sp³-hybridized carbons (Fsp3) is 0.231. The molecule has 6 N–H and O–H groups in total. The predicted molar refractivity (Wildman–Crippen MR) is 131 cm³/mol. The number of fused-ring (bicyclic) bond motifs is 1. The van der Waals surface area contributed by atoms with Crippen molar-refractivity contribution in [1.29, 1.82) is 0 Å². The molecule has 2 aromatic carbocycles. The molecule has 7 heteroatoms. The fourth-order valence-electron chi connectivity index (χ4n) is 4.42. The van der Waals surface area contributed by atoms with Gasteiger partial charge in [-0.1, -0.05) is 30.3 Å². The molecular formula is C26H27N5O2. The highest BCUT2D eigenvalue weighted by Crippen LogP contribution is 2.41. The molecule has 4 aromatic rings. The van der Waals surface area contributed by atoms with Crippen molar-refractivity contribution in [3.8, 4) is 22.8 Å². The standard InChI is InChI=1S/C26H27N5O2/c27-25-19(17-6-4-12-29-14-17)13-21(31-26(25)28)24-22(32)8-3-9-23(24)33-15-18-11-10-16-5-1-2-7-20(16)30-18/h1-3,5,7-11,13,17,29,32H,4,6,12,14-15,27H2,(H2,28,31). The van der Waals surface area contributed by atoms with Crippen molar-refractivity contribution in [1.82, 2.24) is 15.3 Å². The molecule has 0 amide bonds. The summed E-state index contributed by atoms with van der Waals surface area (Å²) in [6.45, 7) is 2.10. The average molecular weight is 442 g/mol. The highest BCUT2D eigenvalue weighted by Gasteiger charge is 2.22. The minimum absolute atomic E-state index is 0.0726. The van der Waals surface area contributed by atoms with E-state index < -0.39 is 0 Å². The summed E-state index contributed by atoms with van der Waals surface area (Å²) in [5.74, 6) is 1.09. The molecule has 1 saturated heterocycles. The number of para-hydroxylation sites is 1. The molecule has 1 aliphatic rings. The van der Waals surface area contributed by atoms with Crippen LogP contribution in [0.1, 0.15) is 30.0 Å². The number of hydrogen-bond acceptors (Lipinski definition) is 7. The number of benzene rings is 2. The van der Waals surface area contributed by atoms with Crippen LogP contribution in [0, 0.1) is 0 Å². The number of nitrogens with one attached hydrogen (secondary N) is 1. The van der Waals surface area contributed by atoms with Crippen LogP contribution in [-0.2, 0) is 6.61 Å². The molecule has 1 aliphatic heterocycles. The van der Waals surface area contributed by atoms with Crippen LogP contribution in [0.25, 0.3) is 22.2 Å². The number of nitrogens with zero attached hydrogens (tertiary/aromatic N) is 2. The van der Waals surface area contributed by atoms with Crippen molar-refractivity contribution >= 4 is 22.4 Å². The SMILES string of the molecule is Nc1nc(-c2c(O)cccc2OCc2ccc3ccccc3n2)cc(C2CCCNC2)c1N. The molecule has 33 heavy (non-hydrogen) atoms. The van der Waals surface area contributed by atoms with Gasteiger partial charge in [0, 0.05) is 11.9 Å². The van der Waals surface area contributed by atoms with Crippen LogP contribution >= 0.6 is 0 Å². The summed E-state index contributed by atoms with van der Waals surface area (Å²) in [4.78, 5) is 9.16. The van der Waals surface area contributed by atoms with Crippen LogP contribution in [-0.4, -0.2) is 28.2 Å². The first-order valence-corrected chi connectivity index (χ1v) is 11.2. The maximum Gasteiger partial charge on any atom is 0.147 e. The Hall–Kier alpha value is -3.84. The van der Waals surface area contributed by atoms with E-state index in [1.165, 1.54) is 0 Å². The highest BCUT2D eigenvalue weighted by atomic mass is 16.5. The van der Waals surface area contributed by atoms with E-state index in [-0.39, 0.29) is 24.1 Å². The normalized spacial score (nSPS) is 16.1. The zero-order valence-electron chi connectivity index (χ0n) is 18.3. The van der Waals surface area contributed by atoms with Gasteiger partial charge in [0.15, 0.2) is 0 Å². The Morgan fingerprint density at radius 2 is 1.91 bits per heavy atom. The molecule has 3 heterocycles. The average Bonchev–Trinajstić information content (AvgIpc) is 2.85.